The van der Waals surface area contributed by atoms with Crippen molar-refractivity contribution in [3.63, 3.8) is 0 Å². The molecule has 0 radical (unpaired) electrons. The molecule has 30 heavy (non-hydrogen) atoms. The van der Waals surface area contributed by atoms with Crippen LogP contribution in [-0.2, 0) is 17.9 Å². The molecule has 10 nitrogen and oxygen atoms in total. The molecule has 0 saturated carbocycles. The van der Waals surface area contributed by atoms with Crippen LogP contribution < -0.4 is 15.4 Å². The first-order valence-electron chi connectivity index (χ1n) is 9.91. The third kappa shape index (κ3) is 4.82. The van der Waals surface area contributed by atoms with Crippen LogP contribution in [0, 0.1) is 5.92 Å². The van der Waals surface area contributed by atoms with Gasteiger partial charge >= 0.3 is 5.97 Å². The van der Waals surface area contributed by atoms with E-state index in [0.29, 0.717) is 41.8 Å². The lowest BCUT2D eigenvalue weighted by Gasteiger charge is -2.20. The Bertz CT molecular complexity index is 1020. The Labute approximate surface area is 174 Å². The number of hydrogen-bond donors (Lipinski definition) is 3. The molecule has 3 N–H and O–H groups in total. The van der Waals surface area contributed by atoms with E-state index in [-0.39, 0.29) is 24.5 Å². The zero-order valence-electron chi connectivity index (χ0n) is 17.6. The molecule has 1 atom stereocenters. The number of hydrogen-bond acceptors (Lipinski definition) is 9. The molecule has 2 heterocycles. The minimum absolute atomic E-state index is 0.0388. The van der Waals surface area contributed by atoms with Crippen LogP contribution in [0.15, 0.2) is 24.3 Å². The van der Waals surface area contributed by atoms with Gasteiger partial charge in [-0.25, -0.2) is 4.68 Å². The number of benzene rings is 1. The van der Waals surface area contributed by atoms with Crippen LogP contribution in [-0.4, -0.2) is 48.7 Å². The van der Waals surface area contributed by atoms with Gasteiger partial charge in [-0.2, -0.15) is 9.97 Å². The Hall–Kier alpha value is -3.27. The number of fused-ring (bicyclic) bond motifs is 1. The van der Waals surface area contributed by atoms with Crippen molar-refractivity contribution in [3.8, 4) is 5.75 Å². The molecule has 0 aliphatic rings. The van der Waals surface area contributed by atoms with Gasteiger partial charge in [0.05, 0.1) is 12.6 Å². The van der Waals surface area contributed by atoms with Crippen LogP contribution in [0.3, 0.4) is 0 Å². The second kappa shape index (κ2) is 9.49. The largest absolute Gasteiger partial charge is 0.426 e. The van der Waals surface area contributed by atoms with Crippen molar-refractivity contribution in [3.05, 3.63) is 29.8 Å². The lowest BCUT2D eigenvalue weighted by Crippen LogP contribution is -2.30. The molecule has 0 spiro atoms. The number of rotatable bonds is 9. The lowest BCUT2D eigenvalue weighted by atomic mass is 10.1. The first kappa shape index (κ1) is 21.4. The highest BCUT2D eigenvalue weighted by Gasteiger charge is 2.18. The van der Waals surface area contributed by atoms with Crippen molar-refractivity contribution in [1.29, 1.82) is 0 Å². The summed E-state index contributed by atoms with van der Waals surface area (Å²) in [5, 5.41) is 24.4. The van der Waals surface area contributed by atoms with Crippen LogP contribution in [0.4, 0.5) is 11.8 Å². The van der Waals surface area contributed by atoms with E-state index < -0.39 is 0 Å². The number of aryl methyl sites for hydroxylation is 1. The molecule has 2 aromatic heterocycles. The van der Waals surface area contributed by atoms with Crippen LogP contribution in [0.1, 0.15) is 33.3 Å². The van der Waals surface area contributed by atoms with Crippen LogP contribution >= 0.6 is 0 Å². The maximum absolute atomic E-state index is 11.4. The summed E-state index contributed by atoms with van der Waals surface area (Å²) in [7, 11) is 0. The maximum Gasteiger partial charge on any atom is 0.308 e. The number of ether oxygens (including phenoxy) is 1. The van der Waals surface area contributed by atoms with Gasteiger partial charge in [-0.3, -0.25) is 4.79 Å². The zero-order chi connectivity index (χ0) is 21.7. The molecule has 3 rings (SSSR count). The molecule has 0 unspecified atom stereocenters. The van der Waals surface area contributed by atoms with Gasteiger partial charge in [0.1, 0.15) is 5.75 Å². The van der Waals surface area contributed by atoms with E-state index in [9.17, 15) is 9.90 Å². The van der Waals surface area contributed by atoms with Crippen molar-refractivity contribution in [2.24, 2.45) is 5.92 Å². The molecular formula is C20H27N7O3. The van der Waals surface area contributed by atoms with Gasteiger partial charge in [0.15, 0.2) is 17.0 Å². The molecular weight excluding hydrogens is 386 g/mol. The Balaban J connectivity index is 1.93. The predicted octanol–water partition coefficient (Wildman–Crippen LogP) is 2.21. The summed E-state index contributed by atoms with van der Waals surface area (Å²) in [4.78, 5) is 20.5. The minimum Gasteiger partial charge on any atom is -0.426 e. The van der Waals surface area contributed by atoms with Gasteiger partial charge in [-0.15, -0.1) is 5.10 Å². The number of aromatic nitrogens is 5. The summed E-state index contributed by atoms with van der Waals surface area (Å²) in [6, 6.07) is 7.09. The quantitative estimate of drug-likeness (QED) is 0.357. The van der Waals surface area contributed by atoms with Crippen molar-refractivity contribution < 1.29 is 14.6 Å². The molecule has 0 saturated heterocycles. The van der Waals surface area contributed by atoms with E-state index >= 15 is 0 Å². The summed E-state index contributed by atoms with van der Waals surface area (Å²) >= 11 is 0. The number of esters is 1. The van der Waals surface area contributed by atoms with Crippen LogP contribution in [0.25, 0.3) is 11.2 Å². The highest BCUT2D eigenvalue weighted by molar-refractivity contribution is 5.83. The summed E-state index contributed by atoms with van der Waals surface area (Å²) in [6.07, 6.45) is 0. The SMILES string of the molecule is CCn1nnc2c(NCc3ccccc3OC(C)=O)nc(N[C@@H](CO)C(C)C)nc21. The molecule has 0 amide bonds. The van der Waals surface area contributed by atoms with Gasteiger partial charge in [0.2, 0.25) is 5.95 Å². The van der Waals surface area contributed by atoms with E-state index in [0.717, 1.165) is 5.56 Å². The Morgan fingerprint density at radius 1 is 1.27 bits per heavy atom. The molecule has 10 heteroatoms. The first-order chi connectivity index (χ1) is 14.4. The third-order valence-electron chi connectivity index (χ3n) is 4.65. The van der Waals surface area contributed by atoms with Gasteiger partial charge < -0.3 is 20.5 Å². The summed E-state index contributed by atoms with van der Waals surface area (Å²) in [6.45, 7) is 8.27. The van der Waals surface area contributed by atoms with Crippen LogP contribution in [0.5, 0.6) is 5.75 Å². The van der Waals surface area contributed by atoms with Gasteiger partial charge in [0.25, 0.3) is 0 Å². The summed E-state index contributed by atoms with van der Waals surface area (Å²) in [5.41, 5.74) is 1.93. The highest BCUT2D eigenvalue weighted by Crippen LogP contribution is 2.24. The number of carbonyl (C=O) groups is 1. The Kier molecular flexibility index (Phi) is 6.78. The summed E-state index contributed by atoms with van der Waals surface area (Å²) in [5.74, 6) is 1.17. The third-order valence-corrected chi connectivity index (χ3v) is 4.65. The Morgan fingerprint density at radius 2 is 2.03 bits per heavy atom. The predicted molar refractivity (Wildman–Crippen MR) is 113 cm³/mol. The number of aliphatic hydroxyl groups is 1. The highest BCUT2D eigenvalue weighted by atomic mass is 16.5. The van der Waals surface area contributed by atoms with E-state index in [1.807, 2.05) is 32.9 Å². The molecule has 0 fully saturated rings. The zero-order valence-corrected chi connectivity index (χ0v) is 17.6. The lowest BCUT2D eigenvalue weighted by molar-refractivity contribution is -0.131. The van der Waals surface area contributed by atoms with E-state index in [4.69, 9.17) is 4.74 Å². The normalized spacial score (nSPS) is 12.2. The number of carbonyl (C=O) groups excluding carboxylic acids is 1. The smallest absolute Gasteiger partial charge is 0.308 e. The van der Waals surface area contributed by atoms with Gasteiger partial charge in [-0.1, -0.05) is 37.3 Å². The second-order valence-corrected chi connectivity index (χ2v) is 7.21. The van der Waals surface area contributed by atoms with E-state index in [1.165, 1.54) is 6.92 Å². The average molecular weight is 413 g/mol. The molecule has 0 aliphatic carbocycles. The molecule has 0 bridgehead atoms. The Morgan fingerprint density at radius 3 is 2.70 bits per heavy atom. The average Bonchev–Trinajstić information content (AvgIpc) is 3.13. The number of nitrogens with zero attached hydrogens (tertiary/aromatic N) is 5. The monoisotopic (exact) mass is 413 g/mol. The fraction of sp³-hybridized carbons (Fsp3) is 0.450. The minimum atomic E-state index is -0.381. The topological polar surface area (TPSA) is 127 Å². The maximum atomic E-state index is 11.4. The van der Waals surface area contributed by atoms with Crippen molar-refractivity contribution >= 4 is 28.9 Å². The van der Waals surface area contributed by atoms with E-state index in [1.54, 1.807) is 16.8 Å². The van der Waals surface area contributed by atoms with Gasteiger partial charge in [-0.05, 0) is 18.9 Å². The van der Waals surface area contributed by atoms with Gasteiger partial charge in [0, 0.05) is 25.6 Å². The number of aliphatic hydroxyl groups excluding tert-OH is 1. The number of anilines is 2. The molecule has 1 aromatic carbocycles. The molecule has 160 valence electrons. The van der Waals surface area contributed by atoms with Crippen molar-refractivity contribution in [1.82, 2.24) is 25.0 Å². The second-order valence-electron chi connectivity index (χ2n) is 7.21. The van der Waals surface area contributed by atoms with Crippen molar-refractivity contribution in [2.75, 3.05) is 17.2 Å². The number of nitrogens with one attached hydrogen (secondary N) is 2. The molecule has 3 aromatic rings. The standard InChI is InChI=1S/C20H27N7O3/c1-5-27-19-17(25-26-27)18(23-20(24-19)22-15(11-28)12(2)3)21-10-14-8-6-7-9-16(14)30-13(4)29/h6-9,12,15,28H,5,10-11H2,1-4H3,(H2,21,22,23,24)/t15-/m0/s1. The summed E-state index contributed by atoms with van der Waals surface area (Å²) < 4.78 is 6.96. The van der Waals surface area contributed by atoms with E-state index in [2.05, 4.69) is 30.9 Å². The van der Waals surface area contributed by atoms with Crippen molar-refractivity contribution in [2.45, 2.75) is 46.8 Å². The fourth-order valence-electron chi connectivity index (χ4n) is 2.93. The fourth-order valence-corrected chi connectivity index (χ4v) is 2.93. The first-order valence-corrected chi connectivity index (χ1v) is 9.91. The molecule has 0 aliphatic heterocycles. The van der Waals surface area contributed by atoms with Crippen LogP contribution in [0.2, 0.25) is 0 Å². The number of para-hydroxylation sites is 1.